The minimum atomic E-state index is -0.857. The summed E-state index contributed by atoms with van der Waals surface area (Å²) in [6, 6.07) is 13.2. The molecule has 0 bridgehead atoms. The lowest BCUT2D eigenvalue weighted by molar-refractivity contribution is -0.386. The molecule has 2 aromatic carbocycles. The zero-order chi connectivity index (χ0) is 17.5. The molecule has 1 amide bonds. The summed E-state index contributed by atoms with van der Waals surface area (Å²) < 4.78 is 10.5. The quantitative estimate of drug-likeness (QED) is 0.622. The molecule has 0 saturated carbocycles. The molecule has 0 aliphatic rings. The molecular weight excluding hydrogens is 312 g/mol. The Hall–Kier alpha value is -3.09. The third kappa shape index (κ3) is 4.45. The predicted molar refractivity (Wildman–Crippen MR) is 88.0 cm³/mol. The Labute approximate surface area is 139 Å². The second kappa shape index (κ2) is 7.96. The lowest BCUT2D eigenvalue weighted by atomic mass is 10.2. The third-order valence-corrected chi connectivity index (χ3v) is 3.36. The predicted octanol–water partition coefficient (Wildman–Crippen LogP) is 2.69. The van der Waals surface area contributed by atoms with E-state index in [4.69, 9.17) is 9.47 Å². The maximum Gasteiger partial charge on any atom is 0.310 e. The summed E-state index contributed by atoms with van der Waals surface area (Å²) in [6.07, 6.45) is -0.857. The zero-order valence-corrected chi connectivity index (χ0v) is 13.4. The molecule has 0 spiro atoms. The van der Waals surface area contributed by atoms with E-state index in [9.17, 15) is 14.9 Å². The molecule has 0 aliphatic carbocycles. The number of carbonyl (C=O) groups is 1. The van der Waals surface area contributed by atoms with Crippen LogP contribution in [0.4, 0.5) is 5.69 Å². The summed E-state index contributed by atoms with van der Waals surface area (Å²) >= 11 is 0. The van der Waals surface area contributed by atoms with Crippen molar-refractivity contribution in [1.29, 1.82) is 0 Å². The maximum absolute atomic E-state index is 12.1. The van der Waals surface area contributed by atoms with Gasteiger partial charge in [-0.05, 0) is 30.7 Å². The average molecular weight is 330 g/mol. The third-order valence-electron chi connectivity index (χ3n) is 3.36. The van der Waals surface area contributed by atoms with Gasteiger partial charge in [0.25, 0.3) is 5.91 Å². The first kappa shape index (κ1) is 17.3. The van der Waals surface area contributed by atoms with Gasteiger partial charge in [0.2, 0.25) is 0 Å². The van der Waals surface area contributed by atoms with Crippen molar-refractivity contribution >= 4 is 11.6 Å². The van der Waals surface area contributed by atoms with Crippen molar-refractivity contribution in [3.63, 3.8) is 0 Å². The molecule has 0 fully saturated rings. The van der Waals surface area contributed by atoms with E-state index < -0.39 is 11.0 Å². The molecule has 0 heterocycles. The van der Waals surface area contributed by atoms with E-state index in [1.807, 2.05) is 12.1 Å². The fourth-order valence-corrected chi connectivity index (χ4v) is 2.03. The molecule has 0 radical (unpaired) electrons. The van der Waals surface area contributed by atoms with Crippen LogP contribution >= 0.6 is 0 Å². The van der Waals surface area contributed by atoms with Crippen molar-refractivity contribution < 1.29 is 19.2 Å². The number of nitro benzene ring substituents is 1. The van der Waals surface area contributed by atoms with Gasteiger partial charge in [-0.15, -0.1) is 0 Å². The van der Waals surface area contributed by atoms with E-state index in [0.717, 1.165) is 11.3 Å². The standard InChI is InChI=1S/C17H18N2O5/c1-12(24-16-6-4-3-5-15(16)19(21)22)17(20)18-11-13-7-9-14(23-2)10-8-13/h3-10,12H,11H2,1-2H3,(H,18,20). The van der Waals surface area contributed by atoms with Crippen molar-refractivity contribution in [2.75, 3.05) is 7.11 Å². The number of rotatable bonds is 7. The van der Waals surface area contributed by atoms with Crippen LogP contribution in [-0.4, -0.2) is 24.0 Å². The van der Waals surface area contributed by atoms with Gasteiger partial charge < -0.3 is 14.8 Å². The smallest absolute Gasteiger partial charge is 0.310 e. The second-order valence-electron chi connectivity index (χ2n) is 5.05. The Kier molecular flexibility index (Phi) is 5.73. The minimum absolute atomic E-state index is 0.0644. The van der Waals surface area contributed by atoms with Crippen LogP contribution in [0.25, 0.3) is 0 Å². The number of nitro groups is 1. The van der Waals surface area contributed by atoms with E-state index in [1.165, 1.54) is 12.1 Å². The number of benzene rings is 2. The lowest BCUT2D eigenvalue weighted by Crippen LogP contribution is -2.36. The monoisotopic (exact) mass is 330 g/mol. The Bertz CT molecular complexity index is 715. The van der Waals surface area contributed by atoms with Gasteiger partial charge in [-0.3, -0.25) is 14.9 Å². The van der Waals surface area contributed by atoms with Crippen LogP contribution < -0.4 is 14.8 Å². The molecule has 24 heavy (non-hydrogen) atoms. The molecule has 1 unspecified atom stereocenters. The van der Waals surface area contributed by atoms with Gasteiger partial charge in [-0.1, -0.05) is 24.3 Å². The number of amides is 1. The summed E-state index contributed by atoms with van der Waals surface area (Å²) in [5.74, 6) is 0.441. The van der Waals surface area contributed by atoms with Crippen molar-refractivity contribution in [3.8, 4) is 11.5 Å². The molecule has 126 valence electrons. The van der Waals surface area contributed by atoms with E-state index in [1.54, 1.807) is 38.3 Å². The van der Waals surface area contributed by atoms with Gasteiger partial charge in [0.05, 0.1) is 12.0 Å². The van der Waals surface area contributed by atoms with Crippen molar-refractivity contribution in [1.82, 2.24) is 5.32 Å². The highest BCUT2D eigenvalue weighted by molar-refractivity contribution is 5.80. The lowest BCUT2D eigenvalue weighted by Gasteiger charge is -2.14. The highest BCUT2D eigenvalue weighted by Crippen LogP contribution is 2.26. The normalized spacial score (nSPS) is 11.4. The Balaban J connectivity index is 1.93. The molecule has 1 N–H and O–H groups in total. The molecule has 0 saturated heterocycles. The molecule has 1 atom stereocenters. The number of nitrogens with zero attached hydrogens (tertiary/aromatic N) is 1. The van der Waals surface area contributed by atoms with Gasteiger partial charge in [-0.2, -0.15) is 0 Å². The number of nitrogens with one attached hydrogen (secondary N) is 1. The Morgan fingerprint density at radius 2 is 1.88 bits per heavy atom. The highest BCUT2D eigenvalue weighted by atomic mass is 16.6. The van der Waals surface area contributed by atoms with Gasteiger partial charge in [-0.25, -0.2) is 0 Å². The summed E-state index contributed by atoms with van der Waals surface area (Å²) in [5, 5.41) is 13.7. The maximum atomic E-state index is 12.1. The van der Waals surface area contributed by atoms with Crippen molar-refractivity contribution in [2.45, 2.75) is 19.6 Å². The van der Waals surface area contributed by atoms with Crippen LogP contribution in [0, 0.1) is 10.1 Å². The fourth-order valence-electron chi connectivity index (χ4n) is 2.03. The summed E-state index contributed by atoms with van der Waals surface area (Å²) in [5.41, 5.74) is 0.731. The van der Waals surface area contributed by atoms with Crippen LogP contribution in [0.5, 0.6) is 11.5 Å². The van der Waals surface area contributed by atoms with Crippen LogP contribution in [0.15, 0.2) is 48.5 Å². The molecule has 2 rings (SSSR count). The van der Waals surface area contributed by atoms with Crippen molar-refractivity contribution in [2.24, 2.45) is 0 Å². The fraction of sp³-hybridized carbons (Fsp3) is 0.235. The second-order valence-corrected chi connectivity index (χ2v) is 5.05. The highest BCUT2D eigenvalue weighted by Gasteiger charge is 2.20. The van der Waals surface area contributed by atoms with Crippen LogP contribution in [-0.2, 0) is 11.3 Å². The molecular formula is C17H18N2O5. The average Bonchev–Trinajstić information content (AvgIpc) is 2.60. The number of hydrogen-bond donors (Lipinski definition) is 1. The Morgan fingerprint density at radius 1 is 1.21 bits per heavy atom. The van der Waals surface area contributed by atoms with E-state index in [2.05, 4.69) is 5.32 Å². The summed E-state index contributed by atoms with van der Waals surface area (Å²) in [7, 11) is 1.58. The molecule has 7 nitrogen and oxygen atoms in total. The van der Waals surface area contributed by atoms with Crippen molar-refractivity contribution in [3.05, 3.63) is 64.2 Å². The summed E-state index contributed by atoms with van der Waals surface area (Å²) in [6.45, 7) is 1.87. The van der Waals surface area contributed by atoms with Crippen LogP contribution in [0.2, 0.25) is 0 Å². The minimum Gasteiger partial charge on any atom is -0.497 e. The number of hydrogen-bond acceptors (Lipinski definition) is 5. The van der Waals surface area contributed by atoms with Gasteiger partial charge in [0.1, 0.15) is 5.75 Å². The number of methoxy groups -OCH3 is 1. The number of para-hydroxylation sites is 2. The first-order valence-corrected chi connectivity index (χ1v) is 7.32. The number of carbonyl (C=O) groups excluding carboxylic acids is 1. The van der Waals surface area contributed by atoms with Crippen LogP contribution in [0.3, 0.4) is 0 Å². The zero-order valence-electron chi connectivity index (χ0n) is 13.4. The van der Waals surface area contributed by atoms with Crippen LogP contribution in [0.1, 0.15) is 12.5 Å². The molecule has 2 aromatic rings. The van der Waals surface area contributed by atoms with Gasteiger partial charge in [0, 0.05) is 12.6 Å². The SMILES string of the molecule is COc1ccc(CNC(=O)C(C)Oc2ccccc2[N+](=O)[O-])cc1. The van der Waals surface area contributed by atoms with Gasteiger partial charge >= 0.3 is 5.69 Å². The Morgan fingerprint density at radius 3 is 2.50 bits per heavy atom. The summed E-state index contributed by atoms with van der Waals surface area (Å²) in [4.78, 5) is 22.5. The molecule has 0 aliphatic heterocycles. The largest absolute Gasteiger partial charge is 0.497 e. The van der Waals surface area contributed by atoms with E-state index >= 15 is 0 Å². The van der Waals surface area contributed by atoms with E-state index in [-0.39, 0.29) is 17.3 Å². The molecule has 0 aromatic heterocycles. The topological polar surface area (TPSA) is 90.7 Å². The first-order chi connectivity index (χ1) is 11.5. The first-order valence-electron chi connectivity index (χ1n) is 7.32. The van der Waals surface area contributed by atoms with E-state index in [0.29, 0.717) is 6.54 Å². The van der Waals surface area contributed by atoms with Gasteiger partial charge in [0.15, 0.2) is 11.9 Å². The molecule has 7 heteroatoms. The number of ether oxygens (including phenoxy) is 2.